The van der Waals surface area contributed by atoms with Gasteiger partial charge in [0.05, 0.1) is 17.5 Å². The Morgan fingerprint density at radius 3 is 2.59 bits per heavy atom. The predicted molar refractivity (Wildman–Crippen MR) is 86.3 cm³/mol. The van der Waals surface area contributed by atoms with Crippen molar-refractivity contribution in [2.24, 2.45) is 0 Å². The minimum absolute atomic E-state index is 0.181. The molecule has 0 fully saturated rings. The maximum atomic E-state index is 11.8. The Labute approximate surface area is 138 Å². The first kappa shape index (κ1) is 16.2. The lowest BCUT2D eigenvalue weighted by atomic mass is 10.1. The Hall–Kier alpha value is -2.22. The van der Waals surface area contributed by atoms with Crippen LogP contribution in [-0.2, 0) is 11.2 Å². The van der Waals surface area contributed by atoms with Crippen LogP contribution in [0.3, 0.4) is 0 Å². The summed E-state index contributed by atoms with van der Waals surface area (Å²) in [6.45, 7) is -0.181. The number of carbonyl (C=O) groups excluding carboxylic acids is 1. The normalized spacial score (nSPS) is 9.86. The summed E-state index contributed by atoms with van der Waals surface area (Å²) in [5, 5.41) is 11.9. The second-order valence-corrected chi connectivity index (χ2v) is 5.21. The van der Waals surface area contributed by atoms with Crippen LogP contribution in [-0.4, -0.2) is 12.5 Å². The van der Waals surface area contributed by atoms with E-state index < -0.39 is 0 Å². The quantitative estimate of drug-likeness (QED) is 0.896. The van der Waals surface area contributed by atoms with Gasteiger partial charge in [-0.2, -0.15) is 5.26 Å². The van der Waals surface area contributed by atoms with Crippen LogP contribution in [0.2, 0.25) is 10.0 Å². The lowest BCUT2D eigenvalue weighted by Gasteiger charge is -2.09. The molecule has 2 rings (SSSR count). The highest BCUT2D eigenvalue weighted by atomic mass is 35.5. The van der Waals surface area contributed by atoms with Crippen LogP contribution < -0.4 is 10.1 Å². The predicted octanol–water partition coefficient (Wildman–Crippen LogP) is 4.08. The van der Waals surface area contributed by atoms with E-state index in [1.165, 1.54) is 0 Å². The van der Waals surface area contributed by atoms with Crippen LogP contribution in [0.4, 0.5) is 5.69 Å². The third-order valence-electron chi connectivity index (χ3n) is 2.80. The molecule has 6 heteroatoms. The summed E-state index contributed by atoms with van der Waals surface area (Å²) in [7, 11) is 0. The van der Waals surface area contributed by atoms with Crippen LogP contribution in [0, 0.1) is 11.3 Å². The zero-order valence-electron chi connectivity index (χ0n) is 11.5. The molecule has 0 aromatic heterocycles. The number of rotatable bonds is 5. The molecule has 0 aliphatic carbocycles. The number of halogens is 2. The number of hydrogen-bond acceptors (Lipinski definition) is 3. The molecule has 0 aliphatic rings. The Morgan fingerprint density at radius 2 is 1.91 bits per heavy atom. The number of carbonyl (C=O) groups is 1. The number of anilines is 1. The lowest BCUT2D eigenvalue weighted by Crippen LogP contribution is -2.20. The highest BCUT2D eigenvalue weighted by Gasteiger charge is 2.08. The second kappa shape index (κ2) is 7.69. The summed E-state index contributed by atoms with van der Waals surface area (Å²) < 4.78 is 5.34. The summed E-state index contributed by atoms with van der Waals surface area (Å²) in [4.78, 5) is 11.8. The summed E-state index contributed by atoms with van der Waals surface area (Å²) >= 11 is 11.8. The zero-order chi connectivity index (χ0) is 15.9. The molecule has 2 aromatic carbocycles. The molecule has 0 saturated carbocycles. The van der Waals surface area contributed by atoms with Gasteiger partial charge in [-0.3, -0.25) is 4.79 Å². The van der Waals surface area contributed by atoms with E-state index in [1.807, 2.05) is 0 Å². The second-order valence-electron chi connectivity index (χ2n) is 4.42. The Morgan fingerprint density at radius 1 is 1.18 bits per heavy atom. The maximum absolute atomic E-state index is 11.8. The van der Waals surface area contributed by atoms with Crippen molar-refractivity contribution < 1.29 is 9.53 Å². The van der Waals surface area contributed by atoms with Gasteiger partial charge in [0.15, 0.2) is 6.61 Å². The average molecular weight is 335 g/mol. The molecule has 0 bridgehead atoms. The molecule has 0 heterocycles. The van der Waals surface area contributed by atoms with Gasteiger partial charge >= 0.3 is 0 Å². The number of ether oxygens (including phenoxy) is 1. The highest BCUT2D eigenvalue weighted by Crippen LogP contribution is 2.31. The van der Waals surface area contributed by atoms with Crippen LogP contribution >= 0.6 is 23.2 Å². The number of nitriles is 1. The van der Waals surface area contributed by atoms with Gasteiger partial charge in [-0.25, -0.2) is 0 Å². The van der Waals surface area contributed by atoms with Gasteiger partial charge in [0.1, 0.15) is 10.8 Å². The molecule has 1 amide bonds. The van der Waals surface area contributed by atoms with Gasteiger partial charge in [-0.15, -0.1) is 0 Å². The third-order valence-corrected chi connectivity index (χ3v) is 3.60. The van der Waals surface area contributed by atoms with Crippen molar-refractivity contribution in [3.05, 3.63) is 58.1 Å². The fourth-order valence-electron chi connectivity index (χ4n) is 1.73. The SMILES string of the molecule is N#CCc1ccc(NC(=O)COc2cccc(Cl)c2Cl)cc1. The first-order chi connectivity index (χ1) is 10.6. The molecule has 0 aliphatic heterocycles. The molecule has 22 heavy (non-hydrogen) atoms. The van der Waals surface area contributed by atoms with E-state index >= 15 is 0 Å². The Bertz CT molecular complexity index is 709. The van der Waals surface area contributed by atoms with Gasteiger partial charge in [-0.1, -0.05) is 41.4 Å². The van der Waals surface area contributed by atoms with Gasteiger partial charge in [0.25, 0.3) is 5.91 Å². The van der Waals surface area contributed by atoms with Gasteiger partial charge in [0, 0.05) is 5.69 Å². The molecule has 112 valence electrons. The topological polar surface area (TPSA) is 62.1 Å². The number of hydrogen-bond donors (Lipinski definition) is 1. The summed E-state index contributed by atoms with van der Waals surface area (Å²) in [6, 6.07) is 14.1. The smallest absolute Gasteiger partial charge is 0.262 e. The first-order valence-electron chi connectivity index (χ1n) is 6.42. The summed E-state index contributed by atoms with van der Waals surface area (Å²) in [5.74, 6) is 0.0396. The van der Waals surface area contributed by atoms with Crippen molar-refractivity contribution in [3.63, 3.8) is 0 Å². The van der Waals surface area contributed by atoms with Crippen molar-refractivity contribution in [2.45, 2.75) is 6.42 Å². The molecular weight excluding hydrogens is 323 g/mol. The van der Waals surface area contributed by atoms with E-state index in [1.54, 1.807) is 42.5 Å². The van der Waals surface area contributed by atoms with Crippen molar-refractivity contribution in [1.82, 2.24) is 0 Å². The number of nitrogens with one attached hydrogen (secondary N) is 1. The summed E-state index contributed by atoms with van der Waals surface area (Å²) in [5.41, 5.74) is 1.52. The van der Waals surface area contributed by atoms with Crippen molar-refractivity contribution in [1.29, 1.82) is 5.26 Å². The lowest BCUT2D eigenvalue weighted by molar-refractivity contribution is -0.118. The fourth-order valence-corrected chi connectivity index (χ4v) is 2.08. The van der Waals surface area contributed by atoms with Crippen molar-refractivity contribution in [3.8, 4) is 11.8 Å². The number of nitrogens with zero attached hydrogens (tertiary/aromatic N) is 1. The molecule has 1 N–H and O–H groups in total. The average Bonchev–Trinajstić information content (AvgIpc) is 2.51. The van der Waals surface area contributed by atoms with Crippen molar-refractivity contribution >= 4 is 34.8 Å². The van der Waals surface area contributed by atoms with E-state index in [2.05, 4.69) is 11.4 Å². The van der Waals surface area contributed by atoms with Crippen LogP contribution in [0.25, 0.3) is 0 Å². The largest absolute Gasteiger partial charge is 0.482 e. The molecule has 0 saturated heterocycles. The van der Waals surface area contributed by atoms with Crippen LogP contribution in [0.1, 0.15) is 5.56 Å². The van der Waals surface area contributed by atoms with E-state index in [9.17, 15) is 4.79 Å². The standard InChI is InChI=1S/C16H12Cl2N2O2/c17-13-2-1-3-14(16(13)18)22-10-15(21)20-12-6-4-11(5-7-12)8-9-19/h1-7H,8,10H2,(H,20,21). The van der Waals surface area contributed by atoms with Gasteiger partial charge < -0.3 is 10.1 Å². The highest BCUT2D eigenvalue weighted by molar-refractivity contribution is 6.42. The third kappa shape index (κ3) is 4.39. The van der Waals surface area contributed by atoms with Gasteiger partial charge in [0.2, 0.25) is 0 Å². The Kier molecular flexibility index (Phi) is 5.65. The molecule has 0 atom stereocenters. The minimum atomic E-state index is -0.316. The number of benzene rings is 2. The van der Waals surface area contributed by atoms with E-state index in [0.29, 0.717) is 22.9 Å². The molecule has 0 spiro atoms. The fraction of sp³-hybridized carbons (Fsp3) is 0.125. The molecular formula is C16H12Cl2N2O2. The zero-order valence-corrected chi connectivity index (χ0v) is 13.0. The van der Waals surface area contributed by atoms with Crippen molar-refractivity contribution in [2.75, 3.05) is 11.9 Å². The molecule has 0 radical (unpaired) electrons. The minimum Gasteiger partial charge on any atom is -0.482 e. The Balaban J connectivity index is 1.90. The number of amides is 1. The van der Waals surface area contributed by atoms with Gasteiger partial charge in [-0.05, 0) is 29.8 Å². The van der Waals surface area contributed by atoms with E-state index in [0.717, 1.165) is 5.56 Å². The van der Waals surface area contributed by atoms with Crippen LogP contribution in [0.5, 0.6) is 5.75 Å². The molecule has 0 unspecified atom stereocenters. The van der Waals surface area contributed by atoms with E-state index in [4.69, 9.17) is 33.2 Å². The van der Waals surface area contributed by atoms with E-state index in [-0.39, 0.29) is 17.5 Å². The molecule has 2 aromatic rings. The monoisotopic (exact) mass is 334 g/mol. The van der Waals surface area contributed by atoms with Crippen LogP contribution in [0.15, 0.2) is 42.5 Å². The first-order valence-corrected chi connectivity index (χ1v) is 7.18. The molecule has 4 nitrogen and oxygen atoms in total. The summed E-state index contributed by atoms with van der Waals surface area (Å²) in [6.07, 6.45) is 0.338. The maximum Gasteiger partial charge on any atom is 0.262 e.